The topological polar surface area (TPSA) is 78.4 Å². The zero-order valence-electron chi connectivity index (χ0n) is 13.6. The summed E-state index contributed by atoms with van der Waals surface area (Å²) >= 11 is 4.78. The molecule has 1 aliphatic heterocycles. The number of rotatable bonds is 3. The Morgan fingerprint density at radius 1 is 1.00 bits per heavy atom. The number of aromatic hydroxyl groups is 1. The van der Waals surface area contributed by atoms with E-state index in [9.17, 15) is 14.7 Å². The Labute approximate surface area is 140 Å². The minimum Gasteiger partial charge on any atom is -0.507 e. The summed E-state index contributed by atoms with van der Waals surface area (Å²) in [4.78, 5) is 23.9. The van der Waals surface area contributed by atoms with Crippen LogP contribution in [0.2, 0.25) is 0 Å². The Morgan fingerprint density at radius 3 is 1.83 bits per heavy atom. The van der Waals surface area contributed by atoms with Crippen LogP contribution in [0, 0.1) is 0 Å². The fraction of sp³-hybridized carbons (Fsp3) is 0.353. The van der Waals surface area contributed by atoms with Crippen molar-refractivity contribution >= 4 is 35.2 Å². The monoisotopic (exact) mass is 332 g/mol. The van der Waals surface area contributed by atoms with Crippen LogP contribution >= 0.6 is 12.2 Å². The summed E-state index contributed by atoms with van der Waals surface area (Å²) in [5.41, 5.74) is 2.27. The highest BCUT2D eigenvalue weighted by Gasteiger charge is 2.26. The largest absolute Gasteiger partial charge is 0.507 e. The first kappa shape index (κ1) is 17.1. The van der Waals surface area contributed by atoms with E-state index in [4.69, 9.17) is 12.2 Å². The van der Waals surface area contributed by atoms with E-state index in [1.54, 1.807) is 12.1 Å². The van der Waals surface area contributed by atoms with Crippen LogP contribution in [0.15, 0.2) is 17.7 Å². The Balaban J connectivity index is 2.55. The smallest absolute Gasteiger partial charge is 0.263 e. The van der Waals surface area contributed by atoms with E-state index < -0.39 is 11.8 Å². The molecule has 1 aromatic carbocycles. The van der Waals surface area contributed by atoms with Crippen molar-refractivity contribution < 1.29 is 14.7 Å². The number of phenols is 1. The molecule has 0 radical (unpaired) electrons. The molecule has 6 heteroatoms. The second-order valence-electron chi connectivity index (χ2n) is 6.15. The van der Waals surface area contributed by atoms with Crippen molar-refractivity contribution in [3.8, 4) is 5.75 Å². The summed E-state index contributed by atoms with van der Waals surface area (Å²) in [6, 6.07) is 3.60. The number of benzene rings is 1. The van der Waals surface area contributed by atoms with Gasteiger partial charge in [-0.15, -0.1) is 0 Å². The quantitative estimate of drug-likeness (QED) is 0.451. The zero-order chi connectivity index (χ0) is 17.3. The van der Waals surface area contributed by atoms with Crippen LogP contribution in [0.3, 0.4) is 0 Å². The molecular formula is C17H20N2O3S. The van der Waals surface area contributed by atoms with Gasteiger partial charge in [0, 0.05) is 0 Å². The molecule has 0 unspecified atom stereocenters. The second kappa shape index (κ2) is 6.50. The van der Waals surface area contributed by atoms with Crippen LogP contribution in [-0.2, 0) is 9.59 Å². The molecule has 5 nitrogen and oxygen atoms in total. The van der Waals surface area contributed by atoms with Gasteiger partial charge in [-0.3, -0.25) is 20.2 Å². The summed E-state index contributed by atoms with van der Waals surface area (Å²) in [6.07, 6.45) is 1.52. The van der Waals surface area contributed by atoms with Crippen LogP contribution in [0.25, 0.3) is 6.08 Å². The van der Waals surface area contributed by atoms with Gasteiger partial charge in [0.15, 0.2) is 5.11 Å². The molecule has 1 fully saturated rings. The molecule has 1 aliphatic rings. The van der Waals surface area contributed by atoms with Crippen LogP contribution in [0.1, 0.15) is 56.2 Å². The standard InChI is InChI=1S/C17H20N2O3S/c1-8(2)11-5-10(6-12(9(3)4)14(11)20)7-13-15(21)18-17(23)19-16(13)22/h5-9,20H,1-4H3,(H2,18,19,21,22,23). The van der Waals surface area contributed by atoms with Gasteiger partial charge < -0.3 is 5.11 Å². The zero-order valence-corrected chi connectivity index (χ0v) is 14.4. The number of carbonyl (C=O) groups excluding carboxylic acids is 2. The molecule has 3 N–H and O–H groups in total. The van der Waals surface area contributed by atoms with E-state index in [2.05, 4.69) is 10.6 Å². The average Bonchev–Trinajstić information content (AvgIpc) is 2.43. The number of phenolic OH excluding ortho intramolecular Hbond substituents is 1. The fourth-order valence-corrected chi connectivity index (χ4v) is 2.63. The van der Waals surface area contributed by atoms with Gasteiger partial charge in [-0.1, -0.05) is 27.7 Å². The average molecular weight is 332 g/mol. The summed E-state index contributed by atoms with van der Waals surface area (Å²) in [5.74, 6) is -0.538. The predicted octanol–water partition coefficient (Wildman–Crippen LogP) is 2.55. The van der Waals surface area contributed by atoms with Crippen molar-refractivity contribution in [1.82, 2.24) is 10.6 Å². The molecule has 0 aliphatic carbocycles. The SMILES string of the molecule is CC(C)c1cc(C=C2C(=O)NC(=S)NC2=O)cc(C(C)C)c1O. The normalized spacial score (nSPS) is 15.0. The number of nitrogens with one attached hydrogen (secondary N) is 2. The van der Waals surface area contributed by atoms with Crippen LogP contribution in [-0.4, -0.2) is 22.0 Å². The van der Waals surface area contributed by atoms with Crippen molar-refractivity contribution in [2.45, 2.75) is 39.5 Å². The highest BCUT2D eigenvalue weighted by molar-refractivity contribution is 7.80. The highest BCUT2D eigenvalue weighted by Crippen LogP contribution is 2.35. The maximum absolute atomic E-state index is 11.9. The van der Waals surface area contributed by atoms with Crippen LogP contribution in [0.4, 0.5) is 0 Å². The van der Waals surface area contributed by atoms with Gasteiger partial charge in [0.1, 0.15) is 11.3 Å². The first-order valence-electron chi connectivity index (χ1n) is 7.45. The van der Waals surface area contributed by atoms with Gasteiger partial charge in [0.2, 0.25) is 0 Å². The molecule has 0 spiro atoms. The van der Waals surface area contributed by atoms with Crippen molar-refractivity contribution in [3.63, 3.8) is 0 Å². The third-order valence-corrected chi connectivity index (χ3v) is 3.89. The van der Waals surface area contributed by atoms with E-state index in [1.807, 2.05) is 27.7 Å². The molecule has 0 aromatic heterocycles. The van der Waals surface area contributed by atoms with Gasteiger partial charge in [0.05, 0.1) is 0 Å². The molecule has 0 atom stereocenters. The van der Waals surface area contributed by atoms with Gasteiger partial charge in [-0.2, -0.15) is 0 Å². The van der Waals surface area contributed by atoms with Crippen molar-refractivity contribution in [2.24, 2.45) is 0 Å². The van der Waals surface area contributed by atoms with Gasteiger partial charge in [-0.25, -0.2) is 0 Å². The van der Waals surface area contributed by atoms with E-state index in [-0.39, 0.29) is 28.3 Å². The van der Waals surface area contributed by atoms with E-state index in [0.29, 0.717) is 5.56 Å². The van der Waals surface area contributed by atoms with Crippen LogP contribution in [0.5, 0.6) is 5.75 Å². The summed E-state index contributed by atoms with van der Waals surface area (Å²) in [5, 5.41) is 15.2. The maximum atomic E-state index is 11.9. The molecular weight excluding hydrogens is 312 g/mol. The predicted molar refractivity (Wildman–Crippen MR) is 93.1 cm³/mol. The minimum atomic E-state index is -0.524. The molecule has 1 aromatic rings. The Morgan fingerprint density at radius 2 is 1.43 bits per heavy atom. The molecule has 0 bridgehead atoms. The summed E-state index contributed by atoms with van der Waals surface area (Å²) in [6.45, 7) is 7.92. The number of hydrogen-bond donors (Lipinski definition) is 3. The Kier molecular flexibility index (Phi) is 4.85. The lowest BCUT2D eigenvalue weighted by Crippen LogP contribution is -2.51. The number of carbonyl (C=O) groups is 2. The summed E-state index contributed by atoms with van der Waals surface area (Å²) in [7, 11) is 0. The minimum absolute atomic E-state index is 0.00583. The Bertz CT molecular complexity index is 670. The molecule has 1 heterocycles. The van der Waals surface area contributed by atoms with E-state index >= 15 is 0 Å². The first-order valence-corrected chi connectivity index (χ1v) is 7.86. The number of thiocarbonyl (C=S) groups is 1. The van der Waals surface area contributed by atoms with Gasteiger partial charge in [-0.05, 0) is 59.0 Å². The van der Waals surface area contributed by atoms with Crippen molar-refractivity contribution in [1.29, 1.82) is 0 Å². The third-order valence-electron chi connectivity index (χ3n) is 3.69. The third kappa shape index (κ3) is 3.59. The van der Waals surface area contributed by atoms with Crippen LogP contribution < -0.4 is 10.6 Å². The number of hydrogen-bond acceptors (Lipinski definition) is 4. The van der Waals surface area contributed by atoms with Gasteiger partial charge in [0.25, 0.3) is 11.8 Å². The molecule has 2 amide bonds. The summed E-state index contributed by atoms with van der Waals surface area (Å²) < 4.78 is 0. The van der Waals surface area contributed by atoms with E-state index in [1.165, 1.54) is 6.08 Å². The second-order valence-corrected chi connectivity index (χ2v) is 6.56. The highest BCUT2D eigenvalue weighted by atomic mass is 32.1. The van der Waals surface area contributed by atoms with Gasteiger partial charge >= 0.3 is 0 Å². The van der Waals surface area contributed by atoms with E-state index in [0.717, 1.165) is 11.1 Å². The first-order chi connectivity index (χ1) is 10.7. The molecule has 0 saturated carbocycles. The molecule has 23 heavy (non-hydrogen) atoms. The molecule has 1 saturated heterocycles. The lowest BCUT2D eigenvalue weighted by atomic mass is 9.91. The van der Waals surface area contributed by atoms with Crippen molar-refractivity contribution in [3.05, 3.63) is 34.4 Å². The van der Waals surface area contributed by atoms with Crippen molar-refractivity contribution in [2.75, 3.05) is 0 Å². The number of amides is 2. The lowest BCUT2D eigenvalue weighted by Gasteiger charge is -2.18. The Hall–Kier alpha value is -2.21. The molecule has 122 valence electrons. The maximum Gasteiger partial charge on any atom is 0.263 e. The lowest BCUT2D eigenvalue weighted by molar-refractivity contribution is -0.123. The molecule has 2 rings (SSSR count). The fourth-order valence-electron chi connectivity index (χ4n) is 2.44.